The van der Waals surface area contributed by atoms with Gasteiger partial charge in [-0.15, -0.1) is 11.3 Å². The molecule has 0 aliphatic rings. The zero-order valence-corrected chi connectivity index (χ0v) is 17.1. The van der Waals surface area contributed by atoms with Gasteiger partial charge in [0.2, 0.25) is 0 Å². The molecule has 0 bridgehead atoms. The van der Waals surface area contributed by atoms with Gasteiger partial charge >= 0.3 is 5.97 Å². The van der Waals surface area contributed by atoms with Gasteiger partial charge in [0.15, 0.2) is 10.8 Å². The molecular formula is C20H23N3O4S. The topological polar surface area (TPSA) is 82.5 Å². The molecule has 148 valence electrons. The number of carbonyl (C=O) groups is 2. The van der Waals surface area contributed by atoms with E-state index in [1.807, 2.05) is 48.7 Å². The first-order valence-corrected chi connectivity index (χ1v) is 9.75. The highest BCUT2D eigenvalue weighted by atomic mass is 32.1. The van der Waals surface area contributed by atoms with E-state index >= 15 is 0 Å². The summed E-state index contributed by atoms with van der Waals surface area (Å²) in [6, 6.07) is 9.65. The van der Waals surface area contributed by atoms with E-state index in [4.69, 9.17) is 9.47 Å². The number of thiazole rings is 1. The normalized spacial score (nSPS) is 11.2. The fourth-order valence-electron chi connectivity index (χ4n) is 3.00. The zero-order valence-electron chi connectivity index (χ0n) is 16.3. The Kier molecular flexibility index (Phi) is 6.11. The van der Waals surface area contributed by atoms with E-state index in [1.54, 1.807) is 7.11 Å². The number of fused-ring (bicyclic) bond motifs is 1. The number of rotatable bonds is 7. The molecule has 7 nitrogen and oxygen atoms in total. The highest BCUT2D eigenvalue weighted by Crippen LogP contribution is 2.31. The van der Waals surface area contributed by atoms with Crippen molar-refractivity contribution in [2.24, 2.45) is 0 Å². The van der Waals surface area contributed by atoms with Crippen LogP contribution in [0.5, 0.6) is 0 Å². The highest BCUT2D eigenvalue weighted by Gasteiger charge is 2.23. The number of para-hydroxylation sites is 1. The molecule has 0 atom stereocenters. The molecule has 8 heteroatoms. The first-order chi connectivity index (χ1) is 13.5. The fourth-order valence-corrected chi connectivity index (χ4v) is 3.95. The van der Waals surface area contributed by atoms with Crippen molar-refractivity contribution in [2.75, 3.05) is 26.1 Å². The smallest absolute Gasteiger partial charge is 0.357 e. The summed E-state index contributed by atoms with van der Waals surface area (Å²) in [4.78, 5) is 30.0. The van der Waals surface area contributed by atoms with Crippen LogP contribution in [-0.2, 0) is 16.0 Å². The summed E-state index contributed by atoms with van der Waals surface area (Å²) in [6.45, 7) is 4.97. The lowest BCUT2D eigenvalue weighted by atomic mass is 10.1. The van der Waals surface area contributed by atoms with Crippen LogP contribution in [-0.4, -0.2) is 42.3 Å². The molecular weight excluding hydrogens is 378 g/mol. The Labute approximate surface area is 167 Å². The maximum atomic E-state index is 13.0. The summed E-state index contributed by atoms with van der Waals surface area (Å²) in [5, 5.41) is 4.18. The Balaban J connectivity index is 1.94. The molecule has 0 saturated carbocycles. The second-order valence-electron chi connectivity index (χ2n) is 6.57. The van der Waals surface area contributed by atoms with Gasteiger partial charge in [-0.3, -0.25) is 10.1 Å². The van der Waals surface area contributed by atoms with Gasteiger partial charge in [-0.1, -0.05) is 32.0 Å². The molecule has 0 fully saturated rings. The number of aromatic nitrogens is 2. The van der Waals surface area contributed by atoms with Crippen molar-refractivity contribution in [3.63, 3.8) is 0 Å². The van der Waals surface area contributed by atoms with Crippen molar-refractivity contribution in [3.8, 4) is 0 Å². The molecule has 0 spiro atoms. The Bertz CT molecular complexity index is 1010. The van der Waals surface area contributed by atoms with Crippen LogP contribution in [0.25, 0.3) is 10.9 Å². The summed E-state index contributed by atoms with van der Waals surface area (Å²) in [5.41, 5.74) is 1.72. The SMILES string of the molecule is COCCn1c(C(=O)Nc2nc(C(=O)OC)c(C(C)C)s2)cc2ccccc21. The van der Waals surface area contributed by atoms with Crippen molar-refractivity contribution in [1.82, 2.24) is 9.55 Å². The Morgan fingerprint density at radius 3 is 2.68 bits per heavy atom. The average Bonchev–Trinajstić information content (AvgIpc) is 3.27. The molecule has 0 aliphatic heterocycles. The first-order valence-electron chi connectivity index (χ1n) is 8.93. The second-order valence-corrected chi connectivity index (χ2v) is 7.60. The average molecular weight is 401 g/mol. The number of carbonyl (C=O) groups excluding carboxylic acids is 2. The van der Waals surface area contributed by atoms with Crippen LogP contribution in [0.1, 0.15) is 45.6 Å². The van der Waals surface area contributed by atoms with Crippen LogP contribution in [0.2, 0.25) is 0 Å². The minimum Gasteiger partial charge on any atom is -0.464 e. The van der Waals surface area contributed by atoms with E-state index in [1.165, 1.54) is 18.4 Å². The quantitative estimate of drug-likeness (QED) is 0.607. The number of hydrogen-bond donors (Lipinski definition) is 1. The van der Waals surface area contributed by atoms with Crippen molar-refractivity contribution >= 4 is 39.2 Å². The molecule has 2 heterocycles. The number of anilines is 1. The monoisotopic (exact) mass is 401 g/mol. The van der Waals surface area contributed by atoms with Gasteiger partial charge in [0, 0.05) is 29.4 Å². The Morgan fingerprint density at radius 1 is 1.25 bits per heavy atom. The third-order valence-corrected chi connectivity index (χ3v) is 5.61. The number of nitrogens with zero attached hydrogens (tertiary/aromatic N) is 2. The van der Waals surface area contributed by atoms with Crippen molar-refractivity contribution in [2.45, 2.75) is 26.3 Å². The summed E-state index contributed by atoms with van der Waals surface area (Å²) in [7, 11) is 2.95. The van der Waals surface area contributed by atoms with Gasteiger partial charge in [-0.2, -0.15) is 0 Å². The Morgan fingerprint density at radius 2 is 2.00 bits per heavy atom. The first kappa shape index (κ1) is 20.0. The zero-order chi connectivity index (χ0) is 20.3. The molecule has 2 aromatic heterocycles. The van der Waals surface area contributed by atoms with Crippen LogP contribution in [0.4, 0.5) is 5.13 Å². The van der Waals surface area contributed by atoms with Crippen LogP contribution in [0.3, 0.4) is 0 Å². The molecule has 1 aromatic carbocycles. The maximum absolute atomic E-state index is 13.0. The lowest BCUT2D eigenvalue weighted by molar-refractivity contribution is 0.0593. The van der Waals surface area contributed by atoms with E-state index < -0.39 is 5.97 Å². The number of esters is 1. The third kappa shape index (κ3) is 3.93. The van der Waals surface area contributed by atoms with E-state index in [9.17, 15) is 9.59 Å². The van der Waals surface area contributed by atoms with Gasteiger partial charge < -0.3 is 14.0 Å². The predicted molar refractivity (Wildman–Crippen MR) is 109 cm³/mol. The largest absolute Gasteiger partial charge is 0.464 e. The van der Waals surface area contributed by atoms with Crippen LogP contribution >= 0.6 is 11.3 Å². The molecule has 3 aromatic rings. The van der Waals surface area contributed by atoms with Gasteiger partial charge in [-0.25, -0.2) is 9.78 Å². The maximum Gasteiger partial charge on any atom is 0.357 e. The van der Waals surface area contributed by atoms with Crippen molar-refractivity contribution in [1.29, 1.82) is 0 Å². The number of hydrogen-bond acceptors (Lipinski definition) is 6. The molecule has 28 heavy (non-hydrogen) atoms. The molecule has 0 aliphatic carbocycles. The predicted octanol–water partition coefficient (Wildman–Crippen LogP) is 3.91. The van der Waals surface area contributed by atoms with E-state index in [0.717, 1.165) is 15.8 Å². The van der Waals surface area contributed by atoms with Crippen LogP contribution in [0.15, 0.2) is 30.3 Å². The minimum absolute atomic E-state index is 0.0883. The van der Waals surface area contributed by atoms with Crippen molar-refractivity contribution in [3.05, 3.63) is 46.6 Å². The molecule has 0 saturated heterocycles. The fraction of sp³-hybridized carbons (Fsp3) is 0.350. The number of methoxy groups -OCH3 is 2. The van der Waals surface area contributed by atoms with Gasteiger partial charge in [0.1, 0.15) is 5.69 Å². The number of amides is 1. The minimum atomic E-state index is -0.505. The Hall–Kier alpha value is -2.71. The van der Waals surface area contributed by atoms with Crippen LogP contribution < -0.4 is 5.32 Å². The third-order valence-electron chi connectivity index (χ3n) is 4.34. The lowest BCUT2D eigenvalue weighted by Gasteiger charge is -2.09. The molecule has 0 unspecified atom stereocenters. The van der Waals surface area contributed by atoms with E-state index in [-0.39, 0.29) is 17.5 Å². The summed E-state index contributed by atoms with van der Waals surface area (Å²) >= 11 is 1.29. The van der Waals surface area contributed by atoms with Crippen LogP contribution in [0, 0.1) is 0 Å². The summed E-state index contributed by atoms with van der Waals surface area (Å²) in [5.74, 6) is -0.701. The van der Waals surface area contributed by atoms with Gasteiger partial charge in [-0.05, 0) is 18.1 Å². The highest BCUT2D eigenvalue weighted by molar-refractivity contribution is 7.16. The number of benzene rings is 1. The standard InChI is InChI=1S/C20H23N3O4S/c1-12(2)17-16(19(25)27-4)21-20(28-17)22-18(24)15-11-13-7-5-6-8-14(13)23(15)9-10-26-3/h5-8,11-12H,9-10H2,1-4H3,(H,21,22,24). The van der Waals surface area contributed by atoms with E-state index in [0.29, 0.717) is 24.0 Å². The summed E-state index contributed by atoms with van der Waals surface area (Å²) < 4.78 is 11.9. The van der Waals surface area contributed by atoms with Gasteiger partial charge in [0.05, 0.1) is 13.7 Å². The molecule has 1 N–H and O–H groups in total. The number of ether oxygens (including phenoxy) is 2. The van der Waals surface area contributed by atoms with Crippen molar-refractivity contribution < 1.29 is 19.1 Å². The number of nitrogens with one attached hydrogen (secondary N) is 1. The molecule has 3 rings (SSSR count). The van der Waals surface area contributed by atoms with Gasteiger partial charge in [0.25, 0.3) is 5.91 Å². The summed E-state index contributed by atoms with van der Waals surface area (Å²) in [6.07, 6.45) is 0. The second kappa shape index (κ2) is 8.53. The molecule has 0 radical (unpaired) electrons. The lowest BCUT2D eigenvalue weighted by Crippen LogP contribution is -2.18. The van der Waals surface area contributed by atoms with E-state index in [2.05, 4.69) is 10.3 Å². The molecule has 1 amide bonds.